The largest absolute Gasteiger partial charge is 0.382 e. The van der Waals surface area contributed by atoms with Crippen LogP contribution in [0.1, 0.15) is 13.3 Å². The Morgan fingerprint density at radius 3 is 2.90 bits per heavy atom. The molecule has 0 aromatic rings. The quantitative estimate of drug-likeness (QED) is 0.437. The fraction of sp³-hybridized carbons (Fsp3) is 1.00. The SMILES string of the molecule is CCOCCCNS(=O)O. The van der Waals surface area contributed by atoms with E-state index in [1.54, 1.807) is 0 Å². The lowest BCUT2D eigenvalue weighted by atomic mass is 10.5. The first-order valence-corrected chi connectivity index (χ1v) is 4.30. The summed E-state index contributed by atoms with van der Waals surface area (Å²) in [7, 11) is 0. The van der Waals surface area contributed by atoms with Gasteiger partial charge in [0.05, 0.1) is 0 Å². The molecule has 0 saturated heterocycles. The molecular formula is C5H13NO3S. The molecule has 0 bridgehead atoms. The third kappa shape index (κ3) is 8.03. The second kappa shape index (κ2) is 7.14. The summed E-state index contributed by atoms with van der Waals surface area (Å²) < 4.78 is 25.6. The number of rotatable bonds is 6. The standard InChI is InChI=1S/C5H13NO3S/c1-2-9-5-3-4-6-10(7)8/h6H,2-5H2,1H3,(H,7,8). The van der Waals surface area contributed by atoms with Gasteiger partial charge in [-0.25, -0.2) is 8.93 Å². The third-order valence-corrected chi connectivity index (χ3v) is 1.35. The van der Waals surface area contributed by atoms with Gasteiger partial charge in [0.1, 0.15) is 0 Å². The molecular weight excluding hydrogens is 154 g/mol. The molecule has 0 aromatic heterocycles. The van der Waals surface area contributed by atoms with Gasteiger partial charge in [-0.05, 0) is 13.3 Å². The summed E-state index contributed by atoms with van der Waals surface area (Å²) in [6, 6.07) is 0. The van der Waals surface area contributed by atoms with Gasteiger partial charge in [0.15, 0.2) is 0 Å². The van der Waals surface area contributed by atoms with Gasteiger partial charge in [0, 0.05) is 19.8 Å². The van der Waals surface area contributed by atoms with Crippen LogP contribution in [0.4, 0.5) is 0 Å². The summed E-state index contributed by atoms with van der Waals surface area (Å²) in [6.07, 6.45) is 0.764. The second-order valence-corrected chi connectivity index (χ2v) is 2.48. The van der Waals surface area contributed by atoms with Crippen LogP contribution in [0.15, 0.2) is 0 Å². The van der Waals surface area contributed by atoms with E-state index in [1.807, 2.05) is 6.92 Å². The van der Waals surface area contributed by atoms with Crippen molar-refractivity contribution >= 4 is 11.3 Å². The molecule has 4 nitrogen and oxygen atoms in total. The lowest BCUT2D eigenvalue weighted by molar-refractivity contribution is 0.146. The van der Waals surface area contributed by atoms with Crippen LogP contribution >= 0.6 is 0 Å². The van der Waals surface area contributed by atoms with Gasteiger partial charge >= 0.3 is 0 Å². The number of hydrogen-bond acceptors (Lipinski definition) is 2. The summed E-state index contributed by atoms with van der Waals surface area (Å²) in [5.41, 5.74) is 0. The zero-order valence-electron chi connectivity index (χ0n) is 6.00. The van der Waals surface area contributed by atoms with Gasteiger partial charge < -0.3 is 4.74 Å². The third-order valence-electron chi connectivity index (χ3n) is 0.895. The molecule has 0 aliphatic carbocycles. The van der Waals surface area contributed by atoms with Crippen LogP contribution in [0, 0.1) is 0 Å². The van der Waals surface area contributed by atoms with Crippen molar-refractivity contribution in [2.75, 3.05) is 19.8 Å². The second-order valence-electron chi connectivity index (χ2n) is 1.69. The van der Waals surface area contributed by atoms with Crippen LogP contribution in [0.3, 0.4) is 0 Å². The Labute approximate surface area is 63.4 Å². The topological polar surface area (TPSA) is 58.6 Å². The number of ether oxygens (including phenoxy) is 1. The maximum absolute atomic E-state index is 9.99. The maximum Gasteiger partial charge on any atom is 0.231 e. The van der Waals surface area contributed by atoms with E-state index in [0.29, 0.717) is 19.8 Å². The zero-order chi connectivity index (χ0) is 7.82. The van der Waals surface area contributed by atoms with E-state index in [1.165, 1.54) is 0 Å². The maximum atomic E-state index is 9.99. The van der Waals surface area contributed by atoms with Crippen LogP contribution in [0.25, 0.3) is 0 Å². The van der Waals surface area contributed by atoms with E-state index < -0.39 is 11.3 Å². The van der Waals surface area contributed by atoms with Crippen molar-refractivity contribution in [3.05, 3.63) is 0 Å². The predicted octanol–water partition coefficient (Wildman–Crippen LogP) is 0.139. The highest BCUT2D eigenvalue weighted by molar-refractivity contribution is 7.77. The summed E-state index contributed by atoms with van der Waals surface area (Å²) in [5, 5.41) is 0. The summed E-state index contributed by atoms with van der Waals surface area (Å²) in [4.78, 5) is 0. The molecule has 5 heteroatoms. The molecule has 2 N–H and O–H groups in total. The van der Waals surface area contributed by atoms with Crippen molar-refractivity contribution in [3.63, 3.8) is 0 Å². The number of hydrogen-bond donors (Lipinski definition) is 2. The van der Waals surface area contributed by atoms with Crippen LogP contribution in [0.5, 0.6) is 0 Å². The highest BCUT2D eigenvalue weighted by Gasteiger charge is 1.90. The first kappa shape index (κ1) is 10.0. The van der Waals surface area contributed by atoms with E-state index >= 15 is 0 Å². The van der Waals surface area contributed by atoms with Gasteiger partial charge in [-0.15, -0.1) is 0 Å². The molecule has 62 valence electrons. The van der Waals surface area contributed by atoms with Crippen LogP contribution in [0.2, 0.25) is 0 Å². The lowest BCUT2D eigenvalue weighted by Gasteiger charge is -1.99. The Kier molecular flexibility index (Phi) is 7.16. The Balaban J connectivity index is 2.84. The minimum atomic E-state index is -1.88. The van der Waals surface area contributed by atoms with E-state index in [-0.39, 0.29) is 0 Å². The highest BCUT2D eigenvalue weighted by atomic mass is 32.2. The molecule has 10 heavy (non-hydrogen) atoms. The van der Waals surface area contributed by atoms with Crippen molar-refractivity contribution in [2.24, 2.45) is 0 Å². The summed E-state index contributed by atoms with van der Waals surface area (Å²) in [6.45, 7) is 3.77. The molecule has 0 aliphatic rings. The van der Waals surface area contributed by atoms with Gasteiger partial charge in [-0.1, -0.05) is 0 Å². The van der Waals surface area contributed by atoms with Crippen LogP contribution < -0.4 is 4.72 Å². The van der Waals surface area contributed by atoms with Crippen molar-refractivity contribution in [1.82, 2.24) is 4.72 Å². The van der Waals surface area contributed by atoms with E-state index in [0.717, 1.165) is 6.42 Å². The van der Waals surface area contributed by atoms with E-state index in [4.69, 9.17) is 9.29 Å². The van der Waals surface area contributed by atoms with Gasteiger partial charge in [-0.2, -0.15) is 0 Å². The molecule has 0 rings (SSSR count). The molecule has 0 spiro atoms. The highest BCUT2D eigenvalue weighted by Crippen LogP contribution is 1.79. The first-order valence-electron chi connectivity index (χ1n) is 3.19. The van der Waals surface area contributed by atoms with Crippen molar-refractivity contribution in [1.29, 1.82) is 0 Å². The molecule has 0 aliphatic heterocycles. The Hall–Kier alpha value is 0.0300. The van der Waals surface area contributed by atoms with Gasteiger partial charge in [0.25, 0.3) is 0 Å². The van der Waals surface area contributed by atoms with Crippen molar-refractivity contribution < 1.29 is 13.5 Å². The van der Waals surface area contributed by atoms with Crippen LogP contribution in [-0.2, 0) is 16.0 Å². The Morgan fingerprint density at radius 1 is 1.70 bits per heavy atom. The fourth-order valence-electron chi connectivity index (χ4n) is 0.478. The predicted molar refractivity (Wildman–Crippen MR) is 39.9 cm³/mol. The van der Waals surface area contributed by atoms with E-state index in [9.17, 15) is 4.21 Å². The average Bonchev–Trinajstić information content (AvgIpc) is 1.87. The zero-order valence-corrected chi connectivity index (χ0v) is 6.82. The summed E-state index contributed by atoms with van der Waals surface area (Å²) in [5.74, 6) is 0. The number of nitrogens with one attached hydrogen (secondary N) is 1. The summed E-state index contributed by atoms with van der Waals surface area (Å²) >= 11 is -1.88. The molecule has 0 fully saturated rings. The Morgan fingerprint density at radius 2 is 2.40 bits per heavy atom. The molecule has 0 saturated carbocycles. The minimum Gasteiger partial charge on any atom is -0.382 e. The monoisotopic (exact) mass is 167 g/mol. The molecule has 0 amide bonds. The molecule has 1 atom stereocenters. The smallest absolute Gasteiger partial charge is 0.231 e. The van der Waals surface area contributed by atoms with Crippen LogP contribution in [-0.4, -0.2) is 28.5 Å². The molecule has 0 heterocycles. The average molecular weight is 167 g/mol. The minimum absolute atomic E-state index is 0.517. The normalized spacial score (nSPS) is 13.4. The van der Waals surface area contributed by atoms with Crippen molar-refractivity contribution in [2.45, 2.75) is 13.3 Å². The molecule has 0 radical (unpaired) electrons. The molecule has 1 unspecified atom stereocenters. The molecule has 0 aromatic carbocycles. The first-order chi connectivity index (χ1) is 4.77. The van der Waals surface area contributed by atoms with E-state index in [2.05, 4.69) is 4.72 Å². The lowest BCUT2D eigenvalue weighted by Crippen LogP contribution is -2.18. The van der Waals surface area contributed by atoms with Crippen molar-refractivity contribution in [3.8, 4) is 0 Å². The fourth-order valence-corrected chi connectivity index (χ4v) is 0.797. The Bertz CT molecular complexity index is 98.9. The van der Waals surface area contributed by atoms with Gasteiger partial charge in [0.2, 0.25) is 11.3 Å². The van der Waals surface area contributed by atoms with Gasteiger partial charge in [-0.3, -0.25) is 4.55 Å².